The van der Waals surface area contributed by atoms with E-state index in [9.17, 15) is 21.6 Å². The van der Waals surface area contributed by atoms with Crippen molar-refractivity contribution in [3.8, 4) is 28.6 Å². The summed E-state index contributed by atoms with van der Waals surface area (Å²) >= 11 is 0. The van der Waals surface area contributed by atoms with Crippen molar-refractivity contribution in [2.45, 2.75) is 11.1 Å². The minimum atomic E-state index is -4.54. The molecule has 180 valence electrons. The minimum Gasteiger partial charge on any atom is -0.483 e. The smallest absolute Gasteiger partial charge is 0.422 e. The summed E-state index contributed by atoms with van der Waals surface area (Å²) in [5.41, 5.74) is 0.284. The topological polar surface area (TPSA) is 90.4 Å². The van der Waals surface area contributed by atoms with Crippen LogP contribution in [0.1, 0.15) is 0 Å². The molecular formula is C24H18F3N3O4S. The van der Waals surface area contributed by atoms with E-state index in [-0.39, 0.29) is 33.7 Å². The molecule has 0 aliphatic rings. The molecule has 1 heterocycles. The fourth-order valence-electron chi connectivity index (χ4n) is 3.01. The van der Waals surface area contributed by atoms with Crippen molar-refractivity contribution in [2.75, 3.05) is 11.3 Å². The first-order valence-electron chi connectivity index (χ1n) is 10.2. The van der Waals surface area contributed by atoms with Crippen LogP contribution in [0.3, 0.4) is 0 Å². The van der Waals surface area contributed by atoms with Gasteiger partial charge in [-0.15, -0.1) is 0 Å². The van der Waals surface area contributed by atoms with Crippen LogP contribution in [-0.2, 0) is 10.0 Å². The van der Waals surface area contributed by atoms with Gasteiger partial charge in [0.05, 0.1) is 10.6 Å². The number of para-hydroxylation sites is 2. The molecule has 0 saturated heterocycles. The van der Waals surface area contributed by atoms with Crippen LogP contribution in [0.5, 0.6) is 17.4 Å². The van der Waals surface area contributed by atoms with Gasteiger partial charge in [-0.3, -0.25) is 0 Å². The SMILES string of the molecule is O=S(=O)(Nc1nc(Oc2ccccc2)cc(-c2ccccc2OCC(F)(F)F)n1)c1ccccc1. The van der Waals surface area contributed by atoms with E-state index < -0.39 is 22.8 Å². The molecule has 0 atom stereocenters. The van der Waals surface area contributed by atoms with Gasteiger partial charge >= 0.3 is 6.18 Å². The van der Waals surface area contributed by atoms with E-state index in [0.29, 0.717) is 5.75 Å². The van der Waals surface area contributed by atoms with E-state index in [4.69, 9.17) is 9.47 Å². The summed E-state index contributed by atoms with van der Waals surface area (Å²) in [5.74, 6) is -0.0397. The van der Waals surface area contributed by atoms with Crippen molar-refractivity contribution in [1.82, 2.24) is 9.97 Å². The highest BCUT2D eigenvalue weighted by atomic mass is 32.2. The predicted octanol–water partition coefficient (Wildman–Crippen LogP) is 5.68. The first kappa shape index (κ1) is 24.0. The standard InChI is InChI=1S/C24H18F3N3O4S/c25-24(26,27)16-33-21-14-8-7-13-19(21)20-15-22(34-17-9-3-1-4-10-17)29-23(28-20)30-35(31,32)18-11-5-2-6-12-18/h1-15H,16H2,(H,28,29,30). The van der Waals surface area contributed by atoms with E-state index in [2.05, 4.69) is 14.7 Å². The number of hydrogen-bond donors (Lipinski definition) is 1. The summed E-state index contributed by atoms with van der Waals surface area (Å²) in [6.07, 6.45) is -4.54. The highest BCUT2D eigenvalue weighted by molar-refractivity contribution is 7.92. The molecule has 0 aliphatic carbocycles. The Labute approximate surface area is 199 Å². The lowest BCUT2D eigenvalue weighted by Crippen LogP contribution is -2.19. The molecule has 7 nitrogen and oxygen atoms in total. The maximum Gasteiger partial charge on any atom is 0.422 e. The molecule has 3 aromatic carbocycles. The zero-order valence-electron chi connectivity index (χ0n) is 17.9. The van der Waals surface area contributed by atoms with Crippen LogP contribution in [0.4, 0.5) is 19.1 Å². The van der Waals surface area contributed by atoms with E-state index in [1.165, 1.54) is 36.4 Å². The summed E-state index contributed by atoms with van der Waals surface area (Å²) < 4.78 is 76.9. The van der Waals surface area contributed by atoms with Gasteiger partial charge in [0.1, 0.15) is 11.5 Å². The zero-order chi connectivity index (χ0) is 24.9. The maximum atomic E-state index is 12.8. The second kappa shape index (κ2) is 10.0. The number of halogens is 3. The molecule has 0 saturated carbocycles. The molecule has 1 N–H and O–H groups in total. The normalized spacial score (nSPS) is 11.6. The molecule has 0 bridgehead atoms. The van der Waals surface area contributed by atoms with E-state index in [0.717, 1.165) is 0 Å². The molecule has 0 radical (unpaired) electrons. The number of ether oxygens (including phenoxy) is 2. The molecule has 4 rings (SSSR count). The second-order valence-electron chi connectivity index (χ2n) is 7.15. The first-order chi connectivity index (χ1) is 16.7. The van der Waals surface area contributed by atoms with Gasteiger partial charge in [0, 0.05) is 11.6 Å². The average molecular weight is 501 g/mol. The van der Waals surface area contributed by atoms with Crippen LogP contribution in [0, 0.1) is 0 Å². The van der Waals surface area contributed by atoms with Gasteiger partial charge in [-0.25, -0.2) is 18.1 Å². The van der Waals surface area contributed by atoms with Crippen molar-refractivity contribution >= 4 is 16.0 Å². The predicted molar refractivity (Wildman–Crippen MR) is 123 cm³/mol. The molecule has 0 aliphatic heterocycles. The van der Waals surface area contributed by atoms with Crippen molar-refractivity contribution in [1.29, 1.82) is 0 Å². The summed E-state index contributed by atoms with van der Waals surface area (Å²) in [5, 5.41) is 0. The summed E-state index contributed by atoms with van der Waals surface area (Å²) in [7, 11) is -4.05. The number of nitrogens with zero attached hydrogens (tertiary/aromatic N) is 2. The summed E-state index contributed by atoms with van der Waals surface area (Å²) in [6, 6.07) is 23.5. The Hall–Kier alpha value is -4.12. The Balaban J connectivity index is 1.75. The first-order valence-corrected chi connectivity index (χ1v) is 11.7. The van der Waals surface area contributed by atoms with Gasteiger partial charge in [0.15, 0.2) is 6.61 Å². The molecule has 11 heteroatoms. The van der Waals surface area contributed by atoms with Gasteiger partial charge in [0.2, 0.25) is 11.8 Å². The number of sulfonamides is 1. The Bertz CT molecular complexity index is 1400. The van der Waals surface area contributed by atoms with E-state index >= 15 is 0 Å². The van der Waals surface area contributed by atoms with Crippen molar-refractivity contribution in [2.24, 2.45) is 0 Å². The van der Waals surface area contributed by atoms with Crippen LogP contribution in [0.25, 0.3) is 11.3 Å². The van der Waals surface area contributed by atoms with Crippen molar-refractivity contribution < 1.29 is 31.1 Å². The molecule has 0 unspecified atom stereocenters. The third kappa shape index (κ3) is 6.48. The Morgan fingerprint density at radius 1 is 0.829 bits per heavy atom. The zero-order valence-corrected chi connectivity index (χ0v) is 18.8. The third-order valence-electron chi connectivity index (χ3n) is 4.50. The minimum absolute atomic E-state index is 0.0200. The maximum absolute atomic E-state index is 12.8. The summed E-state index contributed by atoms with van der Waals surface area (Å²) in [6.45, 7) is -1.50. The molecule has 0 fully saturated rings. The molecule has 4 aromatic rings. The highest BCUT2D eigenvalue weighted by Gasteiger charge is 2.29. The van der Waals surface area contributed by atoms with Gasteiger partial charge < -0.3 is 9.47 Å². The van der Waals surface area contributed by atoms with Crippen LogP contribution in [0.2, 0.25) is 0 Å². The quantitative estimate of drug-likeness (QED) is 0.334. The lowest BCUT2D eigenvalue weighted by Gasteiger charge is -2.15. The second-order valence-corrected chi connectivity index (χ2v) is 8.83. The molecule has 35 heavy (non-hydrogen) atoms. The van der Waals surface area contributed by atoms with Crippen LogP contribution >= 0.6 is 0 Å². The number of hydrogen-bond acceptors (Lipinski definition) is 6. The van der Waals surface area contributed by atoms with E-state index in [1.54, 1.807) is 54.6 Å². The van der Waals surface area contributed by atoms with Gasteiger partial charge in [-0.1, -0.05) is 48.5 Å². The van der Waals surface area contributed by atoms with Crippen LogP contribution in [-0.4, -0.2) is 31.2 Å². The van der Waals surface area contributed by atoms with Gasteiger partial charge in [-0.05, 0) is 36.4 Å². The number of aromatic nitrogens is 2. The van der Waals surface area contributed by atoms with Gasteiger partial charge in [-0.2, -0.15) is 18.2 Å². The Morgan fingerprint density at radius 2 is 1.46 bits per heavy atom. The fourth-order valence-corrected chi connectivity index (χ4v) is 3.98. The summed E-state index contributed by atoms with van der Waals surface area (Å²) in [4.78, 5) is 8.33. The lowest BCUT2D eigenvalue weighted by atomic mass is 10.1. The molecule has 0 amide bonds. The lowest BCUT2D eigenvalue weighted by molar-refractivity contribution is -0.153. The van der Waals surface area contributed by atoms with Crippen LogP contribution in [0.15, 0.2) is 95.9 Å². The fraction of sp³-hybridized carbons (Fsp3) is 0.0833. The largest absolute Gasteiger partial charge is 0.483 e. The number of alkyl halides is 3. The third-order valence-corrected chi connectivity index (χ3v) is 5.85. The Morgan fingerprint density at radius 3 is 2.14 bits per heavy atom. The van der Waals surface area contributed by atoms with Crippen molar-refractivity contribution in [3.63, 3.8) is 0 Å². The van der Waals surface area contributed by atoms with Gasteiger partial charge in [0.25, 0.3) is 10.0 Å². The molecule has 1 aromatic heterocycles. The molecular weight excluding hydrogens is 483 g/mol. The monoisotopic (exact) mass is 501 g/mol. The van der Waals surface area contributed by atoms with E-state index in [1.807, 2.05) is 0 Å². The Kier molecular flexibility index (Phi) is 6.87. The number of rotatable bonds is 8. The number of benzene rings is 3. The highest BCUT2D eigenvalue weighted by Crippen LogP contribution is 2.33. The number of anilines is 1. The molecule has 0 spiro atoms. The van der Waals surface area contributed by atoms with Crippen LogP contribution < -0.4 is 14.2 Å². The van der Waals surface area contributed by atoms with Crippen molar-refractivity contribution in [3.05, 3.63) is 91.0 Å². The number of nitrogens with one attached hydrogen (secondary N) is 1. The average Bonchev–Trinajstić information content (AvgIpc) is 2.83.